The smallest absolute Gasteiger partial charge is 0.243 e. The minimum Gasteiger partial charge on any atom is -0.399 e. The van der Waals surface area contributed by atoms with Crippen molar-refractivity contribution in [2.45, 2.75) is 4.90 Å². The van der Waals surface area contributed by atoms with Crippen molar-refractivity contribution in [3.63, 3.8) is 0 Å². The molecular weight excluding hydrogens is 285 g/mol. The number of hydrogen-bond acceptors (Lipinski definition) is 5. The van der Waals surface area contributed by atoms with Gasteiger partial charge in [0, 0.05) is 18.8 Å². The average molecular weight is 305 g/mol. The highest BCUT2D eigenvalue weighted by molar-refractivity contribution is 7.89. The van der Waals surface area contributed by atoms with Gasteiger partial charge >= 0.3 is 0 Å². The molecule has 20 heavy (non-hydrogen) atoms. The highest BCUT2D eigenvalue weighted by atomic mass is 32.2. The van der Waals surface area contributed by atoms with Gasteiger partial charge in [-0.25, -0.2) is 17.5 Å². The molecule has 0 fully saturated rings. The summed E-state index contributed by atoms with van der Waals surface area (Å²) in [6.07, 6.45) is 0. The number of nitrogens with two attached hydrogens (primary N) is 1. The molecule has 114 valence electrons. The van der Waals surface area contributed by atoms with Crippen LogP contribution in [0, 0.1) is 5.82 Å². The van der Waals surface area contributed by atoms with Crippen molar-refractivity contribution in [1.29, 1.82) is 0 Å². The van der Waals surface area contributed by atoms with Crippen LogP contribution >= 0.6 is 0 Å². The molecule has 6 nitrogen and oxygen atoms in total. The number of nitrogens with one attached hydrogen (secondary N) is 1. The quantitative estimate of drug-likeness (QED) is 0.532. The van der Waals surface area contributed by atoms with E-state index < -0.39 is 20.7 Å². The molecule has 3 N–H and O–H groups in total. The lowest BCUT2D eigenvalue weighted by Gasteiger charge is -2.11. The van der Waals surface area contributed by atoms with E-state index in [4.69, 9.17) is 10.5 Å². The Bertz CT molecular complexity index is 535. The normalized spacial score (nSPS) is 12.0. The fraction of sp³-hybridized carbons (Fsp3) is 0.500. The van der Waals surface area contributed by atoms with E-state index >= 15 is 0 Å². The van der Waals surface area contributed by atoms with Crippen LogP contribution < -0.4 is 10.5 Å². The second-order valence-corrected chi connectivity index (χ2v) is 6.24. The minimum absolute atomic E-state index is 0.0734. The number of nitrogens with zero attached hydrogens (tertiary/aromatic N) is 1. The average Bonchev–Trinajstić information content (AvgIpc) is 2.36. The molecule has 1 rings (SSSR count). The zero-order valence-electron chi connectivity index (χ0n) is 11.6. The largest absolute Gasteiger partial charge is 0.399 e. The number of likely N-dealkylation sites (N-methyl/N-ethyl adjacent to an activating group) is 1. The lowest BCUT2D eigenvalue weighted by atomic mass is 10.3. The minimum atomic E-state index is -3.91. The molecule has 0 saturated carbocycles. The van der Waals surface area contributed by atoms with Crippen LogP contribution in [0.3, 0.4) is 0 Å². The predicted molar refractivity (Wildman–Crippen MR) is 75.4 cm³/mol. The maximum atomic E-state index is 13.5. The first kappa shape index (κ1) is 16.8. The van der Waals surface area contributed by atoms with Gasteiger partial charge in [-0.05, 0) is 32.3 Å². The van der Waals surface area contributed by atoms with Crippen molar-refractivity contribution < 1.29 is 17.5 Å². The van der Waals surface area contributed by atoms with Crippen LogP contribution in [0.25, 0.3) is 0 Å². The van der Waals surface area contributed by atoms with E-state index in [1.807, 2.05) is 19.0 Å². The van der Waals surface area contributed by atoms with Crippen molar-refractivity contribution >= 4 is 15.7 Å². The fourth-order valence-electron chi connectivity index (χ4n) is 1.40. The molecule has 0 bridgehead atoms. The Morgan fingerprint density at radius 1 is 1.35 bits per heavy atom. The monoisotopic (exact) mass is 305 g/mol. The van der Waals surface area contributed by atoms with Gasteiger partial charge in [0.05, 0.1) is 13.2 Å². The first-order valence-electron chi connectivity index (χ1n) is 6.10. The topological polar surface area (TPSA) is 84.7 Å². The van der Waals surface area contributed by atoms with E-state index in [9.17, 15) is 12.8 Å². The molecular formula is C12H20FN3O3S. The summed E-state index contributed by atoms with van der Waals surface area (Å²) < 4.78 is 44.7. The van der Waals surface area contributed by atoms with Gasteiger partial charge in [0.1, 0.15) is 10.7 Å². The number of hydrogen-bond donors (Lipinski definition) is 2. The maximum absolute atomic E-state index is 13.5. The first-order valence-corrected chi connectivity index (χ1v) is 7.58. The second-order valence-electron chi connectivity index (χ2n) is 4.50. The van der Waals surface area contributed by atoms with Gasteiger partial charge in [0.2, 0.25) is 10.0 Å². The summed E-state index contributed by atoms with van der Waals surface area (Å²) in [7, 11) is -0.0897. The number of sulfonamides is 1. The predicted octanol–water partition coefficient (Wildman–Crippen LogP) is 0.264. The van der Waals surface area contributed by atoms with Crippen LogP contribution in [0.2, 0.25) is 0 Å². The van der Waals surface area contributed by atoms with E-state index in [2.05, 4.69) is 4.72 Å². The Morgan fingerprint density at radius 3 is 2.70 bits per heavy atom. The van der Waals surface area contributed by atoms with E-state index in [0.29, 0.717) is 6.61 Å². The van der Waals surface area contributed by atoms with Crippen LogP contribution in [0.15, 0.2) is 23.1 Å². The summed E-state index contributed by atoms with van der Waals surface area (Å²) >= 11 is 0. The van der Waals surface area contributed by atoms with Crippen molar-refractivity contribution in [1.82, 2.24) is 9.62 Å². The van der Waals surface area contributed by atoms with E-state index in [0.717, 1.165) is 18.7 Å². The molecule has 8 heteroatoms. The van der Waals surface area contributed by atoms with Gasteiger partial charge in [-0.1, -0.05) is 0 Å². The first-order chi connectivity index (χ1) is 9.33. The summed E-state index contributed by atoms with van der Waals surface area (Å²) in [6, 6.07) is 3.42. The van der Waals surface area contributed by atoms with E-state index in [1.54, 1.807) is 0 Å². The van der Waals surface area contributed by atoms with Crippen molar-refractivity contribution in [2.24, 2.45) is 0 Å². The SMILES string of the molecule is CN(C)CCOCCNS(=O)(=O)c1cc(N)ccc1F. The van der Waals surface area contributed by atoms with Gasteiger partial charge in [-0.15, -0.1) is 0 Å². The summed E-state index contributed by atoms with van der Waals surface area (Å²) in [5.41, 5.74) is 5.65. The molecule has 0 spiro atoms. The summed E-state index contributed by atoms with van der Waals surface area (Å²) in [5.74, 6) is -0.833. The zero-order valence-corrected chi connectivity index (χ0v) is 12.4. The fourth-order valence-corrected chi connectivity index (χ4v) is 2.52. The van der Waals surface area contributed by atoms with Crippen LogP contribution in [0.4, 0.5) is 10.1 Å². The number of anilines is 1. The van der Waals surface area contributed by atoms with Crippen molar-refractivity contribution in [3.8, 4) is 0 Å². The Morgan fingerprint density at radius 2 is 2.05 bits per heavy atom. The zero-order chi connectivity index (χ0) is 15.2. The lowest BCUT2D eigenvalue weighted by molar-refractivity contribution is 0.122. The number of benzene rings is 1. The molecule has 0 aliphatic heterocycles. The highest BCUT2D eigenvalue weighted by Crippen LogP contribution is 2.17. The van der Waals surface area contributed by atoms with Crippen LogP contribution in [0.1, 0.15) is 0 Å². The third-order valence-electron chi connectivity index (χ3n) is 2.47. The third kappa shape index (κ3) is 5.41. The molecule has 0 unspecified atom stereocenters. The van der Waals surface area contributed by atoms with Crippen LogP contribution in [-0.4, -0.2) is 53.7 Å². The van der Waals surface area contributed by atoms with Gasteiger partial charge < -0.3 is 15.4 Å². The number of ether oxygens (including phenoxy) is 1. The van der Waals surface area contributed by atoms with Gasteiger partial charge in [0.25, 0.3) is 0 Å². The summed E-state index contributed by atoms with van der Waals surface area (Å²) in [4.78, 5) is 1.50. The number of halogens is 1. The molecule has 0 saturated heterocycles. The summed E-state index contributed by atoms with van der Waals surface area (Å²) in [6.45, 7) is 1.54. The lowest BCUT2D eigenvalue weighted by Crippen LogP contribution is -2.29. The van der Waals surface area contributed by atoms with Crippen molar-refractivity contribution in [2.75, 3.05) is 46.1 Å². The Kier molecular flexibility index (Phi) is 6.34. The standard InChI is InChI=1S/C12H20FN3O3S/c1-16(2)6-8-19-7-5-15-20(17,18)12-9-10(14)3-4-11(12)13/h3-4,9,15H,5-8,14H2,1-2H3. The van der Waals surface area contributed by atoms with Crippen LogP contribution in [-0.2, 0) is 14.8 Å². The molecule has 0 aromatic heterocycles. The molecule has 0 atom stereocenters. The van der Waals surface area contributed by atoms with Gasteiger partial charge in [-0.2, -0.15) is 0 Å². The second kappa shape index (κ2) is 7.53. The molecule has 0 aliphatic rings. The Labute approximate surface area is 118 Å². The van der Waals surface area contributed by atoms with E-state index in [-0.39, 0.29) is 18.8 Å². The van der Waals surface area contributed by atoms with E-state index in [1.165, 1.54) is 6.07 Å². The Hall–Kier alpha value is -1.22. The molecule has 1 aromatic rings. The van der Waals surface area contributed by atoms with Gasteiger partial charge in [-0.3, -0.25) is 0 Å². The van der Waals surface area contributed by atoms with Crippen LogP contribution in [0.5, 0.6) is 0 Å². The molecule has 1 aromatic carbocycles. The molecule has 0 aliphatic carbocycles. The third-order valence-corrected chi connectivity index (χ3v) is 3.94. The Balaban J connectivity index is 2.48. The van der Waals surface area contributed by atoms with Crippen molar-refractivity contribution in [3.05, 3.63) is 24.0 Å². The number of rotatable bonds is 8. The number of nitrogen functional groups attached to an aromatic ring is 1. The molecule has 0 radical (unpaired) electrons. The van der Waals surface area contributed by atoms with Gasteiger partial charge in [0.15, 0.2) is 0 Å². The highest BCUT2D eigenvalue weighted by Gasteiger charge is 2.18. The molecule has 0 amide bonds. The molecule has 0 heterocycles. The maximum Gasteiger partial charge on any atom is 0.243 e. The summed E-state index contributed by atoms with van der Waals surface area (Å²) in [5, 5.41) is 0.